The van der Waals surface area contributed by atoms with Gasteiger partial charge in [-0.25, -0.2) is 8.42 Å². The summed E-state index contributed by atoms with van der Waals surface area (Å²) >= 11 is 18.5. The summed E-state index contributed by atoms with van der Waals surface area (Å²) in [7, 11) is -3.92. The molecule has 180 valence electrons. The molecular weight excluding hydrogens is 509 g/mol. The van der Waals surface area contributed by atoms with Crippen LogP contribution < -0.4 is 9.62 Å². The van der Waals surface area contributed by atoms with Gasteiger partial charge in [-0.05, 0) is 50.6 Å². The summed E-state index contributed by atoms with van der Waals surface area (Å²) in [4.78, 5) is 27.4. The van der Waals surface area contributed by atoms with E-state index in [-0.39, 0.29) is 34.2 Å². The average molecular weight is 535 g/mol. The lowest BCUT2D eigenvalue weighted by Crippen LogP contribution is -2.52. The van der Waals surface area contributed by atoms with E-state index < -0.39 is 28.5 Å². The van der Waals surface area contributed by atoms with Gasteiger partial charge in [-0.3, -0.25) is 13.9 Å². The smallest absolute Gasteiger partial charge is 0.244 e. The summed E-state index contributed by atoms with van der Waals surface area (Å²) in [5, 5.41) is 3.56. The zero-order valence-corrected chi connectivity index (χ0v) is 21.8. The predicted molar refractivity (Wildman–Crippen MR) is 133 cm³/mol. The van der Waals surface area contributed by atoms with Gasteiger partial charge in [-0.2, -0.15) is 0 Å². The van der Waals surface area contributed by atoms with Crippen LogP contribution in [0.4, 0.5) is 5.69 Å². The van der Waals surface area contributed by atoms with Gasteiger partial charge in [0.25, 0.3) is 0 Å². The van der Waals surface area contributed by atoms with Gasteiger partial charge in [-0.1, -0.05) is 53.0 Å². The van der Waals surface area contributed by atoms with Gasteiger partial charge >= 0.3 is 0 Å². The molecule has 2 aromatic carbocycles. The average Bonchev–Trinajstić information content (AvgIpc) is 2.71. The lowest BCUT2D eigenvalue weighted by atomic mass is 10.1. The first-order chi connectivity index (χ1) is 15.3. The molecule has 0 aliphatic rings. The minimum Gasteiger partial charge on any atom is -0.352 e. The second-order valence-electron chi connectivity index (χ2n) is 7.82. The summed E-state index contributed by atoms with van der Waals surface area (Å²) in [6.07, 6.45) is 0.963. The van der Waals surface area contributed by atoms with Crippen molar-refractivity contribution in [3.63, 3.8) is 0 Å². The Morgan fingerprint density at radius 1 is 1.00 bits per heavy atom. The molecule has 1 N–H and O–H groups in total. The van der Waals surface area contributed by atoms with Crippen molar-refractivity contribution in [1.29, 1.82) is 0 Å². The summed E-state index contributed by atoms with van der Waals surface area (Å²) in [6.45, 7) is 4.60. The Kier molecular flexibility index (Phi) is 9.43. The second kappa shape index (κ2) is 11.4. The molecule has 11 heteroatoms. The number of benzene rings is 2. The fraction of sp³-hybridized carbons (Fsp3) is 0.364. The van der Waals surface area contributed by atoms with E-state index in [1.165, 1.54) is 23.1 Å². The second-order valence-corrected chi connectivity index (χ2v) is 11.0. The van der Waals surface area contributed by atoms with E-state index in [1.807, 2.05) is 0 Å². The lowest BCUT2D eigenvalue weighted by molar-refractivity contribution is -0.139. The fourth-order valence-electron chi connectivity index (χ4n) is 3.07. The molecule has 2 aromatic rings. The van der Waals surface area contributed by atoms with E-state index in [2.05, 4.69) is 5.32 Å². The minimum atomic E-state index is -3.92. The topological polar surface area (TPSA) is 86.8 Å². The first-order valence-corrected chi connectivity index (χ1v) is 13.1. The fourth-order valence-corrected chi connectivity index (χ4v) is 4.55. The highest BCUT2D eigenvalue weighted by atomic mass is 35.5. The third kappa shape index (κ3) is 7.50. The molecule has 0 saturated heterocycles. The number of carbonyl (C=O) groups is 2. The molecule has 0 bridgehead atoms. The number of anilines is 1. The number of amides is 2. The molecule has 0 aliphatic carbocycles. The Morgan fingerprint density at radius 2 is 1.64 bits per heavy atom. The number of sulfonamides is 1. The van der Waals surface area contributed by atoms with Crippen molar-refractivity contribution >= 4 is 62.3 Å². The van der Waals surface area contributed by atoms with Crippen molar-refractivity contribution in [3.8, 4) is 0 Å². The molecule has 0 aromatic heterocycles. The van der Waals surface area contributed by atoms with Crippen LogP contribution in [0.25, 0.3) is 0 Å². The Bertz CT molecular complexity index is 1130. The van der Waals surface area contributed by atoms with Gasteiger partial charge < -0.3 is 10.2 Å². The van der Waals surface area contributed by atoms with Crippen LogP contribution in [0.3, 0.4) is 0 Å². The quantitative estimate of drug-likeness (QED) is 0.518. The van der Waals surface area contributed by atoms with Gasteiger partial charge in [0.2, 0.25) is 21.8 Å². The van der Waals surface area contributed by atoms with Crippen LogP contribution in [-0.4, -0.2) is 50.0 Å². The number of halogens is 3. The highest BCUT2D eigenvalue weighted by Crippen LogP contribution is 2.31. The Labute approximate surface area is 209 Å². The zero-order valence-electron chi connectivity index (χ0n) is 18.7. The molecule has 0 fully saturated rings. The maximum Gasteiger partial charge on any atom is 0.244 e. The van der Waals surface area contributed by atoms with Crippen LogP contribution in [0, 0.1) is 0 Å². The zero-order chi connectivity index (χ0) is 24.9. The first-order valence-electron chi connectivity index (χ1n) is 10.1. The Hall–Kier alpha value is -2.00. The normalized spacial score (nSPS) is 12.4. The van der Waals surface area contributed by atoms with E-state index in [1.54, 1.807) is 45.0 Å². The largest absolute Gasteiger partial charge is 0.352 e. The van der Waals surface area contributed by atoms with E-state index in [9.17, 15) is 18.0 Å². The van der Waals surface area contributed by atoms with Gasteiger partial charge in [0, 0.05) is 22.6 Å². The Morgan fingerprint density at radius 3 is 2.21 bits per heavy atom. The summed E-state index contributed by atoms with van der Waals surface area (Å²) in [6, 6.07) is 10.2. The maximum absolute atomic E-state index is 13.4. The van der Waals surface area contributed by atoms with E-state index in [4.69, 9.17) is 34.8 Å². The number of nitrogens with zero attached hydrogens (tertiary/aromatic N) is 2. The molecule has 33 heavy (non-hydrogen) atoms. The van der Waals surface area contributed by atoms with Crippen LogP contribution in [-0.2, 0) is 26.2 Å². The van der Waals surface area contributed by atoms with Crippen molar-refractivity contribution < 1.29 is 18.0 Å². The molecule has 0 radical (unpaired) electrons. The summed E-state index contributed by atoms with van der Waals surface area (Å²) in [5.74, 6) is -0.986. The lowest BCUT2D eigenvalue weighted by Gasteiger charge is -2.32. The number of nitrogens with one attached hydrogen (secondary N) is 1. The molecule has 0 unspecified atom stereocenters. The minimum absolute atomic E-state index is 0.00602. The summed E-state index contributed by atoms with van der Waals surface area (Å²) in [5.41, 5.74) is 0.681. The van der Waals surface area contributed by atoms with Crippen LogP contribution in [0.1, 0.15) is 26.3 Å². The number of carbonyl (C=O) groups excluding carboxylic acids is 2. The third-order valence-corrected chi connectivity index (χ3v) is 6.80. The number of hydrogen-bond acceptors (Lipinski definition) is 4. The molecule has 0 spiro atoms. The van der Waals surface area contributed by atoms with Gasteiger partial charge in [0.1, 0.15) is 12.6 Å². The van der Waals surface area contributed by atoms with Crippen LogP contribution in [0.2, 0.25) is 15.1 Å². The van der Waals surface area contributed by atoms with Crippen LogP contribution in [0.15, 0.2) is 42.5 Å². The van der Waals surface area contributed by atoms with Crippen molar-refractivity contribution in [2.45, 2.75) is 39.4 Å². The van der Waals surface area contributed by atoms with Crippen molar-refractivity contribution in [3.05, 3.63) is 63.1 Å². The van der Waals surface area contributed by atoms with E-state index in [0.29, 0.717) is 10.6 Å². The van der Waals surface area contributed by atoms with Gasteiger partial charge in [-0.15, -0.1) is 0 Å². The van der Waals surface area contributed by atoms with E-state index >= 15 is 0 Å². The molecule has 7 nitrogen and oxygen atoms in total. The van der Waals surface area contributed by atoms with Gasteiger partial charge in [0.05, 0.1) is 17.0 Å². The highest BCUT2D eigenvalue weighted by Gasteiger charge is 2.31. The van der Waals surface area contributed by atoms with E-state index in [0.717, 1.165) is 10.6 Å². The van der Waals surface area contributed by atoms with Crippen molar-refractivity contribution in [1.82, 2.24) is 10.2 Å². The predicted octanol–water partition coefficient (Wildman–Crippen LogP) is 4.35. The molecule has 0 aliphatic heterocycles. The first kappa shape index (κ1) is 27.2. The van der Waals surface area contributed by atoms with Crippen LogP contribution in [0.5, 0.6) is 0 Å². The maximum atomic E-state index is 13.4. The third-order valence-electron chi connectivity index (χ3n) is 4.75. The SMILES string of the molecule is CC(C)NC(=O)[C@@H](C)N(Cc1ccccc1Cl)C(=O)CN(c1cc(Cl)ccc1Cl)S(C)(=O)=O. The van der Waals surface area contributed by atoms with Gasteiger partial charge in [0.15, 0.2) is 0 Å². The molecule has 0 heterocycles. The molecule has 2 amide bonds. The monoisotopic (exact) mass is 533 g/mol. The van der Waals surface area contributed by atoms with Crippen molar-refractivity contribution in [2.24, 2.45) is 0 Å². The standard InChI is InChI=1S/C22H26Cl3N3O4S/c1-14(2)26-22(30)15(3)27(12-16-7-5-6-8-18(16)24)21(29)13-28(33(4,31)32)20-11-17(23)9-10-19(20)25/h5-11,14-15H,12-13H2,1-4H3,(H,26,30)/t15-/m1/s1. The highest BCUT2D eigenvalue weighted by molar-refractivity contribution is 7.92. The molecular formula is C22H26Cl3N3O4S. The number of hydrogen-bond donors (Lipinski definition) is 1. The van der Waals surface area contributed by atoms with Crippen molar-refractivity contribution in [2.75, 3.05) is 17.1 Å². The molecule has 1 atom stereocenters. The Balaban J connectivity index is 2.45. The van der Waals surface area contributed by atoms with Crippen LogP contribution >= 0.6 is 34.8 Å². The number of rotatable bonds is 9. The molecule has 0 saturated carbocycles. The molecule has 2 rings (SSSR count). The summed E-state index contributed by atoms with van der Waals surface area (Å²) < 4.78 is 26.0.